The fraction of sp³-hybridized carbons (Fsp3) is 0.250. The number of fused-ring (bicyclic) bond motifs is 1. The predicted molar refractivity (Wildman–Crippen MR) is 77.5 cm³/mol. The lowest BCUT2D eigenvalue weighted by Gasteiger charge is -2.21. The van der Waals surface area contributed by atoms with E-state index in [4.69, 9.17) is 0 Å². The van der Waals surface area contributed by atoms with Crippen molar-refractivity contribution in [2.24, 2.45) is 0 Å². The number of hydrogen-bond acceptors (Lipinski definition) is 1. The third-order valence-corrected chi connectivity index (χ3v) is 3.77. The van der Waals surface area contributed by atoms with Crippen LogP contribution in [0.15, 0.2) is 48.2 Å². The van der Waals surface area contributed by atoms with Gasteiger partial charge in [0, 0.05) is 18.3 Å². The van der Waals surface area contributed by atoms with Gasteiger partial charge in [-0.15, -0.1) is 0 Å². The number of benzene rings is 1. The molecule has 2 aromatic rings. The van der Waals surface area contributed by atoms with Crippen LogP contribution in [0.5, 0.6) is 0 Å². The average Bonchev–Trinajstić information content (AvgIpc) is 2.85. The van der Waals surface area contributed by atoms with Crippen molar-refractivity contribution in [3.63, 3.8) is 0 Å². The molecule has 0 aliphatic carbocycles. The maximum absolute atomic E-state index is 4.19. The molecule has 0 bridgehead atoms. The zero-order chi connectivity index (χ0) is 12.5. The van der Waals surface area contributed by atoms with Crippen molar-refractivity contribution < 1.29 is 0 Å². The second-order valence-corrected chi connectivity index (χ2v) is 4.91. The Morgan fingerprint density at radius 2 is 2.17 bits per heavy atom. The largest absolute Gasteiger partial charge is 0.361 e. The number of H-pyrrole nitrogens is 1. The fourth-order valence-corrected chi connectivity index (χ4v) is 2.59. The number of aromatic nitrogens is 1. The number of rotatable bonds is 1. The second kappa shape index (κ2) is 4.46. The smallest absolute Gasteiger partial charge is 0.0454 e. The first-order valence-electron chi connectivity index (χ1n) is 6.42. The predicted octanol–water partition coefficient (Wildman–Crippen LogP) is 3.49. The molecule has 3 rings (SSSR count). The summed E-state index contributed by atoms with van der Waals surface area (Å²) < 4.78 is 0. The van der Waals surface area contributed by atoms with Gasteiger partial charge in [-0.1, -0.05) is 12.6 Å². The number of nitrogens with one attached hydrogen (secondary N) is 2. The Kier molecular flexibility index (Phi) is 2.80. The van der Waals surface area contributed by atoms with Crippen molar-refractivity contribution >= 4 is 16.5 Å². The molecule has 1 aliphatic rings. The molecule has 0 saturated carbocycles. The third-order valence-electron chi connectivity index (χ3n) is 3.77. The maximum Gasteiger partial charge on any atom is 0.0454 e. The molecular weight excluding hydrogens is 220 g/mol. The van der Waals surface area contributed by atoms with E-state index in [1.54, 1.807) is 0 Å². The second-order valence-electron chi connectivity index (χ2n) is 4.91. The van der Waals surface area contributed by atoms with Gasteiger partial charge in [0.1, 0.15) is 0 Å². The van der Waals surface area contributed by atoms with Crippen LogP contribution in [0.1, 0.15) is 18.9 Å². The highest BCUT2D eigenvalue weighted by atomic mass is 14.9. The molecule has 2 heteroatoms. The molecule has 0 amide bonds. The van der Waals surface area contributed by atoms with Crippen LogP contribution in [0, 0.1) is 0 Å². The molecule has 0 unspecified atom stereocenters. The molecule has 1 aliphatic heterocycles. The summed E-state index contributed by atoms with van der Waals surface area (Å²) in [7, 11) is 0. The van der Waals surface area contributed by atoms with E-state index in [0.29, 0.717) is 0 Å². The van der Waals surface area contributed by atoms with Gasteiger partial charge >= 0.3 is 0 Å². The van der Waals surface area contributed by atoms with E-state index >= 15 is 0 Å². The highest BCUT2D eigenvalue weighted by Gasteiger charge is 2.13. The normalized spacial score (nSPS) is 19.3. The summed E-state index contributed by atoms with van der Waals surface area (Å²) in [5, 5.41) is 4.69. The Balaban J connectivity index is 2.06. The van der Waals surface area contributed by atoms with Crippen LogP contribution in [-0.2, 0) is 0 Å². The summed E-state index contributed by atoms with van der Waals surface area (Å²) in [5.74, 6) is 0. The molecule has 2 nitrogen and oxygen atoms in total. The number of allylic oxidation sites excluding steroid dienone is 1. The lowest BCUT2D eigenvalue weighted by Crippen LogP contribution is -2.25. The van der Waals surface area contributed by atoms with Crippen LogP contribution in [-0.4, -0.2) is 18.1 Å². The van der Waals surface area contributed by atoms with Crippen LogP contribution in [0.4, 0.5) is 0 Å². The third kappa shape index (κ3) is 1.89. The van der Waals surface area contributed by atoms with Crippen molar-refractivity contribution in [1.82, 2.24) is 10.3 Å². The van der Waals surface area contributed by atoms with Gasteiger partial charge in [-0.2, -0.15) is 0 Å². The molecule has 1 aromatic heterocycles. The number of piperidine rings is 1. The molecule has 0 spiro atoms. The molecule has 1 saturated heterocycles. The van der Waals surface area contributed by atoms with Crippen molar-refractivity contribution in [1.29, 1.82) is 0 Å². The van der Waals surface area contributed by atoms with Crippen LogP contribution in [0.2, 0.25) is 0 Å². The first kappa shape index (κ1) is 11.3. The molecule has 92 valence electrons. The summed E-state index contributed by atoms with van der Waals surface area (Å²) in [5.41, 5.74) is 6.48. The van der Waals surface area contributed by atoms with Crippen LogP contribution >= 0.6 is 0 Å². The molecule has 2 heterocycles. The van der Waals surface area contributed by atoms with Crippen molar-refractivity contribution in [3.05, 3.63) is 53.8 Å². The average molecular weight is 238 g/mol. The fourth-order valence-electron chi connectivity index (χ4n) is 2.59. The number of aromatic amines is 1. The van der Waals surface area contributed by atoms with E-state index in [1.165, 1.54) is 33.2 Å². The Hall–Kier alpha value is -1.80. The highest BCUT2D eigenvalue weighted by Crippen LogP contribution is 2.27. The SMILES string of the molecule is C=C1CCNC/C1=C(/C)c1ccc2[nH]ccc2c1. The molecule has 1 aromatic carbocycles. The van der Waals surface area contributed by atoms with E-state index in [1.807, 2.05) is 6.20 Å². The monoisotopic (exact) mass is 238 g/mol. The van der Waals surface area contributed by atoms with Gasteiger partial charge in [0.2, 0.25) is 0 Å². The molecule has 0 radical (unpaired) electrons. The minimum absolute atomic E-state index is 0.940. The van der Waals surface area contributed by atoms with Crippen molar-refractivity contribution in [2.75, 3.05) is 13.1 Å². The Morgan fingerprint density at radius 1 is 1.28 bits per heavy atom. The van der Waals surface area contributed by atoms with Crippen LogP contribution in [0.3, 0.4) is 0 Å². The molecular formula is C16H18N2. The van der Waals surface area contributed by atoms with E-state index in [2.05, 4.69) is 48.1 Å². The van der Waals surface area contributed by atoms with E-state index in [9.17, 15) is 0 Å². The summed E-state index contributed by atoms with van der Waals surface area (Å²) in [6.45, 7) is 8.37. The van der Waals surface area contributed by atoms with Crippen molar-refractivity contribution in [3.8, 4) is 0 Å². The van der Waals surface area contributed by atoms with Gasteiger partial charge in [0.25, 0.3) is 0 Å². The van der Waals surface area contributed by atoms with E-state index in [-0.39, 0.29) is 0 Å². The first-order chi connectivity index (χ1) is 8.75. The molecule has 0 atom stereocenters. The van der Waals surface area contributed by atoms with Gasteiger partial charge in [-0.3, -0.25) is 0 Å². The Morgan fingerprint density at radius 3 is 3.00 bits per heavy atom. The standard InChI is InChI=1S/C16H18N2/c1-11-5-7-17-10-15(11)12(2)13-3-4-16-14(9-13)6-8-18-16/h3-4,6,8-9,17-18H,1,5,7,10H2,2H3/b15-12+. The van der Waals surface area contributed by atoms with Gasteiger partial charge in [-0.05, 0) is 65.8 Å². The minimum atomic E-state index is 0.940. The minimum Gasteiger partial charge on any atom is -0.361 e. The van der Waals surface area contributed by atoms with Crippen LogP contribution in [0.25, 0.3) is 16.5 Å². The topological polar surface area (TPSA) is 27.8 Å². The van der Waals surface area contributed by atoms with Gasteiger partial charge < -0.3 is 10.3 Å². The summed E-state index contributed by atoms with van der Waals surface area (Å²) in [4.78, 5) is 3.23. The quantitative estimate of drug-likeness (QED) is 0.782. The van der Waals surface area contributed by atoms with Crippen LogP contribution < -0.4 is 5.32 Å². The number of hydrogen-bond donors (Lipinski definition) is 2. The van der Waals surface area contributed by atoms with Gasteiger partial charge in [-0.25, -0.2) is 0 Å². The molecule has 1 fully saturated rings. The summed E-state index contributed by atoms with van der Waals surface area (Å²) in [6, 6.07) is 8.69. The molecule has 18 heavy (non-hydrogen) atoms. The first-order valence-corrected chi connectivity index (χ1v) is 6.42. The Bertz CT molecular complexity index is 631. The lowest BCUT2D eigenvalue weighted by atomic mass is 9.92. The molecule has 2 N–H and O–H groups in total. The van der Waals surface area contributed by atoms with Crippen molar-refractivity contribution in [2.45, 2.75) is 13.3 Å². The summed E-state index contributed by atoms with van der Waals surface area (Å²) in [6.07, 6.45) is 3.04. The van der Waals surface area contributed by atoms with Gasteiger partial charge in [0.05, 0.1) is 0 Å². The summed E-state index contributed by atoms with van der Waals surface area (Å²) >= 11 is 0. The maximum atomic E-state index is 4.19. The van der Waals surface area contributed by atoms with Gasteiger partial charge in [0.15, 0.2) is 0 Å². The highest BCUT2D eigenvalue weighted by molar-refractivity contribution is 5.84. The lowest BCUT2D eigenvalue weighted by molar-refractivity contribution is 0.685. The zero-order valence-corrected chi connectivity index (χ0v) is 10.7. The van der Waals surface area contributed by atoms with E-state index in [0.717, 1.165) is 19.5 Å². The van der Waals surface area contributed by atoms with E-state index < -0.39 is 0 Å². The Labute approximate surface area is 107 Å². The zero-order valence-electron chi connectivity index (χ0n) is 10.7.